The highest BCUT2D eigenvalue weighted by Gasteiger charge is 2.27. The van der Waals surface area contributed by atoms with Crippen molar-refractivity contribution in [3.63, 3.8) is 0 Å². The van der Waals surface area contributed by atoms with Gasteiger partial charge in [-0.15, -0.1) is 0 Å². The van der Waals surface area contributed by atoms with Crippen molar-refractivity contribution < 1.29 is 9.90 Å². The lowest BCUT2D eigenvalue weighted by atomic mass is 9.79. The number of urea groups is 1. The summed E-state index contributed by atoms with van der Waals surface area (Å²) in [5.41, 5.74) is -0.00552. The minimum atomic E-state index is -0.0968. The zero-order valence-corrected chi connectivity index (χ0v) is 15.5. The Hall–Kier alpha value is -1.82. The Morgan fingerprint density at radius 3 is 2.60 bits per heavy atom. The molecule has 0 radical (unpaired) electrons. The molecule has 6 heteroatoms. The second kappa shape index (κ2) is 9.61. The van der Waals surface area contributed by atoms with Crippen LogP contribution in [0.2, 0.25) is 0 Å². The van der Waals surface area contributed by atoms with E-state index in [2.05, 4.69) is 34.4 Å². The third-order valence-electron chi connectivity index (χ3n) is 5.57. The number of hydrogen-bond acceptors (Lipinski definition) is 4. The Bertz CT molecular complexity index is 511. The lowest BCUT2D eigenvalue weighted by Gasteiger charge is -2.34. The van der Waals surface area contributed by atoms with Crippen molar-refractivity contribution >= 4 is 11.8 Å². The van der Waals surface area contributed by atoms with Gasteiger partial charge in [0.2, 0.25) is 0 Å². The van der Waals surface area contributed by atoms with Crippen LogP contribution in [0.15, 0.2) is 24.4 Å². The molecule has 1 aromatic rings. The second-order valence-electron chi connectivity index (χ2n) is 6.96. The predicted molar refractivity (Wildman–Crippen MR) is 101 cm³/mol. The van der Waals surface area contributed by atoms with E-state index in [-0.39, 0.29) is 24.1 Å². The van der Waals surface area contributed by atoms with Crippen LogP contribution in [0.4, 0.5) is 10.6 Å². The smallest absolute Gasteiger partial charge is 0.315 e. The van der Waals surface area contributed by atoms with Crippen LogP contribution >= 0.6 is 0 Å². The van der Waals surface area contributed by atoms with Gasteiger partial charge in [-0.2, -0.15) is 0 Å². The summed E-state index contributed by atoms with van der Waals surface area (Å²) in [6.07, 6.45) is 6.29. The Balaban J connectivity index is 1.75. The summed E-state index contributed by atoms with van der Waals surface area (Å²) in [4.78, 5) is 18.9. The molecule has 1 aliphatic heterocycles. The van der Waals surface area contributed by atoms with E-state index in [0.29, 0.717) is 6.54 Å². The van der Waals surface area contributed by atoms with Crippen LogP contribution in [-0.2, 0) is 0 Å². The molecule has 1 fully saturated rings. The van der Waals surface area contributed by atoms with Gasteiger partial charge in [0.1, 0.15) is 5.82 Å². The topological polar surface area (TPSA) is 77.5 Å². The Morgan fingerprint density at radius 1 is 1.32 bits per heavy atom. The van der Waals surface area contributed by atoms with E-state index >= 15 is 0 Å². The number of aliphatic hydroxyl groups is 1. The summed E-state index contributed by atoms with van der Waals surface area (Å²) in [6.45, 7) is 6.81. The molecule has 0 aromatic carbocycles. The minimum Gasteiger partial charge on any atom is -0.396 e. The number of carbonyl (C=O) groups excluding carboxylic acids is 1. The first kappa shape index (κ1) is 19.5. The molecule has 0 saturated carbocycles. The summed E-state index contributed by atoms with van der Waals surface area (Å²) >= 11 is 0. The van der Waals surface area contributed by atoms with E-state index < -0.39 is 0 Å². The summed E-state index contributed by atoms with van der Waals surface area (Å²) in [5.74, 6) is 1.00. The molecule has 2 amide bonds. The van der Waals surface area contributed by atoms with Gasteiger partial charge >= 0.3 is 6.03 Å². The van der Waals surface area contributed by atoms with Gasteiger partial charge in [0, 0.05) is 38.5 Å². The number of pyridine rings is 1. The molecule has 1 saturated heterocycles. The molecule has 1 aromatic heterocycles. The highest BCUT2D eigenvalue weighted by molar-refractivity contribution is 5.74. The van der Waals surface area contributed by atoms with Crippen LogP contribution < -0.4 is 15.5 Å². The number of nitrogens with one attached hydrogen (secondary N) is 2. The zero-order valence-electron chi connectivity index (χ0n) is 15.5. The number of hydrogen-bond donors (Lipinski definition) is 3. The molecule has 140 valence electrons. The maximum atomic E-state index is 12.2. The van der Waals surface area contributed by atoms with Crippen LogP contribution in [0.5, 0.6) is 0 Å². The van der Waals surface area contributed by atoms with Crippen molar-refractivity contribution in [3.8, 4) is 0 Å². The number of anilines is 1. The minimum absolute atomic E-state index is 0.00552. The number of carbonyl (C=O) groups is 1. The first-order valence-electron chi connectivity index (χ1n) is 9.43. The molecule has 2 heterocycles. The summed E-state index contributed by atoms with van der Waals surface area (Å²) in [7, 11) is 0. The van der Waals surface area contributed by atoms with Crippen molar-refractivity contribution in [1.29, 1.82) is 0 Å². The lowest BCUT2D eigenvalue weighted by molar-refractivity contribution is 0.162. The van der Waals surface area contributed by atoms with E-state index in [1.165, 1.54) is 0 Å². The lowest BCUT2D eigenvalue weighted by Crippen LogP contribution is -2.50. The number of aliphatic hydroxyl groups excluding tert-OH is 1. The average molecular weight is 348 g/mol. The molecule has 6 nitrogen and oxygen atoms in total. The highest BCUT2D eigenvalue weighted by Crippen LogP contribution is 2.29. The van der Waals surface area contributed by atoms with Crippen LogP contribution in [0.1, 0.15) is 46.0 Å². The monoisotopic (exact) mass is 348 g/mol. The van der Waals surface area contributed by atoms with Crippen molar-refractivity contribution in [2.24, 2.45) is 5.41 Å². The fraction of sp³-hybridized carbons (Fsp3) is 0.684. The molecule has 0 unspecified atom stereocenters. The quantitative estimate of drug-likeness (QED) is 0.675. The molecule has 2 rings (SSSR count). The number of amides is 2. The van der Waals surface area contributed by atoms with E-state index in [1.807, 2.05) is 24.4 Å². The van der Waals surface area contributed by atoms with Crippen LogP contribution in [0.3, 0.4) is 0 Å². The summed E-state index contributed by atoms with van der Waals surface area (Å²) in [6, 6.07) is 6.05. The fourth-order valence-corrected chi connectivity index (χ4v) is 3.48. The first-order valence-corrected chi connectivity index (χ1v) is 9.43. The predicted octanol–water partition coefficient (Wildman–Crippen LogP) is 2.54. The van der Waals surface area contributed by atoms with Crippen LogP contribution in [0, 0.1) is 5.41 Å². The Kier molecular flexibility index (Phi) is 7.50. The second-order valence-corrected chi connectivity index (χ2v) is 6.96. The van der Waals surface area contributed by atoms with Crippen LogP contribution in [0.25, 0.3) is 0 Å². The van der Waals surface area contributed by atoms with E-state index in [0.717, 1.165) is 51.0 Å². The molecule has 3 N–H and O–H groups in total. The average Bonchev–Trinajstić information content (AvgIpc) is 2.66. The van der Waals surface area contributed by atoms with E-state index in [4.69, 9.17) is 0 Å². The largest absolute Gasteiger partial charge is 0.396 e. The van der Waals surface area contributed by atoms with Gasteiger partial charge in [0.05, 0.1) is 0 Å². The van der Waals surface area contributed by atoms with Gasteiger partial charge in [-0.25, -0.2) is 9.78 Å². The van der Waals surface area contributed by atoms with E-state index in [1.54, 1.807) is 0 Å². The van der Waals surface area contributed by atoms with Crippen molar-refractivity contribution in [1.82, 2.24) is 15.6 Å². The third kappa shape index (κ3) is 5.59. The number of piperidine rings is 1. The van der Waals surface area contributed by atoms with Crippen LogP contribution in [-0.4, -0.2) is 48.4 Å². The highest BCUT2D eigenvalue weighted by atomic mass is 16.3. The molecule has 0 atom stereocenters. The number of nitrogens with zero attached hydrogens (tertiary/aromatic N) is 2. The van der Waals surface area contributed by atoms with Crippen molar-refractivity contribution in [2.45, 2.75) is 52.0 Å². The van der Waals surface area contributed by atoms with Gasteiger partial charge in [-0.1, -0.05) is 19.9 Å². The maximum absolute atomic E-state index is 12.2. The van der Waals surface area contributed by atoms with E-state index in [9.17, 15) is 9.90 Å². The molecule has 0 bridgehead atoms. The molecule has 0 aliphatic carbocycles. The SMILES string of the molecule is CCC(CC)(CCO)CNC(=O)NC1CCN(c2ccccn2)CC1. The normalized spacial score (nSPS) is 15.9. The summed E-state index contributed by atoms with van der Waals surface area (Å²) in [5, 5.41) is 15.4. The Morgan fingerprint density at radius 2 is 2.04 bits per heavy atom. The van der Waals surface area contributed by atoms with Gasteiger partial charge < -0.3 is 20.6 Å². The van der Waals surface area contributed by atoms with Gasteiger partial charge in [0.15, 0.2) is 0 Å². The van der Waals surface area contributed by atoms with Gasteiger partial charge in [-0.05, 0) is 49.7 Å². The number of aromatic nitrogens is 1. The molecule has 1 aliphatic rings. The third-order valence-corrected chi connectivity index (χ3v) is 5.57. The van der Waals surface area contributed by atoms with Gasteiger partial charge in [-0.3, -0.25) is 0 Å². The van der Waals surface area contributed by atoms with Gasteiger partial charge in [0.25, 0.3) is 0 Å². The summed E-state index contributed by atoms with van der Waals surface area (Å²) < 4.78 is 0. The molecular weight excluding hydrogens is 316 g/mol. The molecule has 25 heavy (non-hydrogen) atoms. The zero-order chi connectivity index (χ0) is 18.1. The van der Waals surface area contributed by atoms with Crippen molar-refractivity contribution in [3.05, 3.63) is 24.4 Å². The maximum Gasteiger partial charge on any atom is 0.315 e. The molecular formula is C19H32N4O2. The number of rotatable bonds is 8. The van der Waals surface area contributed by atoms with Crippen molar-refractivity contribution in [2.75, 3.05) is 31.1 Å². The molecule has 0 spiro atoms. The first-order chi connectivity index (χ1) is 12.1. The standard InChI is InChI=1S/C19H32N4O2/c1-3-19(4-2,10-14-24)15-21-18(25)22-16-8-12-23(13-9-16)17-7-5-6-11-20-17/h5-7,11,16,24H,3-4,8-10,12-15H2,1-2H3,(H2,21,22,25). The Labute approximate surface area is 151 Å². The fourth-order valence-electron chi connectivity index (χ4n) is 3.48.